The highest BCUT2D eigenvalue weighted by Gasteiger charge is 2.25. The van der Waals surface area contributed by atoms with Crippen LogP contribution in [0.1, 0.15) is 49.1 Å². The molecular formula is C25H29N7OS. The van der Waals surface area contributed by atoms with Crippen LogP contribution in [-0.2, 0) is 13.0 Å². The molecule has 0 atom stereocenters. The topological polar surface area (TPSA) is 116 Å². The highest BCUT2D eigenvalue weighted by atomic mass is 32.1. The van der Waals surface area contributed by atoms with E-state index in [1.807, 2.05) is 12.3 Å². The van der Waals surface area contributed by atoms with Crippen molar-refractivity contribution in [2.24, 2.45) is 0 Å². The van der Waals surface area contributed by atoms with Crippen LogP contribution in [0.5, 0.6) is 5.75 Å². The van der Waals surface area contributed by atoms with Crippen molar-refractivity contribution in [2.45, 2.75) is 46.6 Å². The first-order chi connectivity index (χ1) is 16.3. The molecule has 9 heteroatoms. The maximum atomic E-state index is 6.22. The Morgan fingerprint density at radius 2 is 1.94 bits per heavy atom. The molecule has 4 N–H and O–H groups in total. The van der Waals surface area contributed by atoms with Crippen molar-refractivity contribution in [3.05, 3.63) is 46.8 Å². The predicted molar refractivity (Wildman–Crippen MR) is 138 cm³/mol. The molecule has 0 aliphatic carbocycles. The van der Waals surface area contributed by atoms with Gasteiger partial charge in [-0.05, 0) is 48.6 Å². The van der Waals surface area contributed by atoms with E-state index in [0.717, 1.165) is 61.8 Å². The number of ether oxygens (including phenoxy) is 1. The van der Waals surface area contributed by atoms with Gasteiger partial charge in [-0.1, -0.05) is 32.1 Å². The summed E-state index contributed by atoms with van der Waals surface area (Å²) < 4.78 is 6.22. The number of nitrogens with two attached hydrogens (primary N) is 2. The zero-order chi connectivity index (χ0) is 24.0. The normalized spacial score (nSPS) is 13.7. The molecule has 0 unspecified atom stereocenters. The number of aromatic nitrogens is 4. The number of hydrogen-bond donors (Lipinski definition) is 2. The van der Waals surface area contributed by atoms with Gasteiger partial charge in [0, 0.05) is 29.4 Å². The number of nitrogens with zero attached hydrogens (tertiary/aromatic N) is 5. The van der Waals surface area contributed by atoms with Crippen LogP contribution in [0.3, 0.4) is 0 Å². The zero-order valence-corrected chi connectivity index (χ0v) is 20.7. The SMILES string of the molecule is CCc1nc(N)nc(N2CCOc3c(C)cc(-c4cnc5sc(N)nc5c4)cc3C2)c1C(C)C. The minimum absolute atomic E-state index is 0.283. The van der Waals surface area contributed by atoms with Gasteiger partial charge in [0.05, 0.1) is 12.2 Å². The lowest BCUT2D eigenvalue weighted by Crippen LogP contribution is -2.28. The molecule has 3 aromatic heterocycles. The lowest BCUT2D eigenvalue weighted by atomic mass is 9.98. The van der Waals surface area contributed by atoms with Crippen molar-refractivity contribution in [3.63, 3.8) is 0 Å². The lowest BCUT2D eigenvalue weighted by Gasteiger charge is -2.26. The van der Waals surface area contributed by atoms with Crippen LogP contribution in [0.2, 0.25) is 0 Å². The van der Waals surface area contributed by atoms with Crippen LogP contribution in [0, 0.1) is 6.92 Å². The Bertz CT molecular complexity index is 1380. The van der Waals surface area contributed by atoms with Gasteiger partial charge >= 0.3 is 0 Å². The van der Waals surface area contributed by atoms with Gasteiger partial charge in [0.15, 0.2) is 5.13 Å². The van der Waals surface area contributed by atoms with Crippen molar-refractivity contribution in [1.29, 1.82) is 0 Å². The van der Waals surface area contributed by atoms with Gasteiger partial charge < -0.3 is 21.1 Å². The molecule has 34 heavy (non-hydrogen) atoms. The summed E-state index contributed by atoms with van der Waals surface area (Å²) in [5.41, 5.74) is 19.2. The summed E-state index contributed by atoms with van der Waals surface area (Å²) >= 11 is 1.40. The van der Waals surface area contributed by atoms with E-state index in [1.54, 1.807) is 0 Å². The number of hydrogen-bond acceptors (Lipinski definition) is 9. The Hall–Kier alpha value is -3.46. The number of aryl methyl sites for hydroxylation is 2. The predicted octanol–water partition coefficient (Wildman–Crippen LogP) is 4.71. The number of nitrogen functional groups attached to an aromatic ring is 2. The van der Waals surface area contributed by atoms with Crippen LogP contribution in [-0.4, -0.2) is 33.1 Å². The average molecular weight is 476 g/mol. The fourth-order valence-corrected chi connectivity index (χ4v) is 5.34. The largest absolute Gasteiger partial charge is 0.491 e. The van der Waals surface area contributed by atoms with Gasteiger partial charge in [-0.3, -0.25) is 0 Å². The maximum absolute atomic E-state index is 6.22. The molecule has 0 fully saturated rings. The van der Waals surface area contributed by atoms with E-state index in [9.17, 15) is 0 Å². The first-order valence-electron chi connectivity index (χ1n) is 11.5. The molecule has 5 rings (SSSR count). The summed E-state index contributed by atoms with van der Waals surface area (Å²) in [4.78, 5) is 21.3. The highest BCUT2D eigenvalue weighted by Crippen LogP contribution is 2.37. The quantitative estimate of drug-likeness (QED) is 0.436. The van der Waals surface area contributed by atoms with Crippen LogP contribution >= 0.6 is 11.3 Å². The van der Waals surface area contributed by atoms with Gasteiger partial charge in [0.25, 0.3) is 0 Å². The van der Waals surface area contributed by atoms with E-state index in [0.29, 0.717) is 30.8 Å². The average Bonchev–Trinajstić information content (AvgIpc) is 3.03. The van der Waals surface area contributed by atoms with Gasteiger partial charge in [0.1, 0.15) is 28.5 Å². The number of pyridine rings is 1. The van der Waals surface area contributed by atoms with Gasteiger partial charge in [-0.15, -0.1) is 0 Å². The molecule has 0 bridgehead atoms. The molecule has 8 nitrogen and oxygen atoms in total. The van der Waals surface area contributed by atoms with E-state index in [2.05, 4.69) is 64.7 Å². The highest BCUT2D eigenvalue weighted by molar-refractivity contribution is 7.21. The molecule has 1 aliphatic heterocycles. The number of fused-ring (bicyclic) bond motifs is 2. The Morgan fingerprint density at radius 1 is 1.12 bits per heavy atom. The minimum atomic E-state index is 0.283. The zero-order valence-electron chi connectivity index (χ0n) is 19.9. The molecule has 0 radical (unpaired) electrons. The number of benzene rings is 1. The molecule has 4 heterocycles. The van der Waals surface area contributed by atoms with Crippen molar-refractivity contribution in [1.82, 2.24) is 19.9 Å². The van der Waals surface area contributed by atoms with Crippen molar-refractivity contribution in [3.8, 4) is 16.9 Å². The van der Waals surface area contributed by atoms with Crippen LogP contribution in [0.4, 0.5) is 16.9 Å². The third-order valence-electron chi connectivity index (χ3n) is 6.15. The van der Waals surface area contributed by atoms with E-state index in [1.165, 1.54) is 11.3 Å². The van der Waals surface area contributed by atoms with Crippen molar-refractivity contribution >= 4 is 38.6 Å². The summed E-state index contributed by atoms with van der Waals surface area (Å²) in [5.74, 6) is 2.43. The fourth-order valence-electron chi connectivity index (χ4n) is 4.68. The second-order valence-electron chi connectivity index (χ2n) is 8.93. The monoisotopic (exact) mass is 475 g/mol. The molecule has 0 saturated heterocycles. The van der Waals surface area contributed by atoms with Gasteiger partial charge in [0.2, 0.25) is 5.95 Å². The molecule has 4 aromatic rings. The lowest BCUT2D eigenvalue weighted by molar-refractivity contribution is 0.329. The fraction of sp³-hybridized carbons (Fsp3) is 0.360. The van der Waals surface area contributed by atoms with E-state index < -0.39 is 0 Å². The first-order valence-corrected chi connectivity index (χ1v) is 12.4. The smallest absolute Gasteiger partial charge is 0.222 e. The molecule has 176 valence electrons. The molecular weight excluding hydrogens is 446 g/mol. The number of rotatable bonds is 4. The maximum Gasteiger partial charge on any atom is 0.222 e. The summed E-state index contributed by atoms with van der Waals surface area (Å²) in [6.07, 6.45) is 2.69. The summed E-state index contributed by atoms with van der Waals surface area (Å²) in [6, 6.07) is 6.37. The Morgan fingerprint density at radius 3 is 2.71 bits per heavy atom. The van der Waals surface area contributed by atoms with E-state index in [4.69, 9.17) is 16.2 Å². The summed E-state index contributed by atoms with van der Waals surface area (Å²) in [5, 5.41) is 0.526. The standard InChI is InChI=1S/C25H29N7OS/c1-5-18-20(13(2)3)22(31-24(26)29-18)32-6-7-33-21-14(4)8-15(9-17(21)12-32)16-10-19-23(28-11-16)34-25(27)30-19/h8-11,13H,5-7,12H2,1-4H3,(H2,27,30)(H2,26,29,31). The van der Waals surface area contributed by atoms with Crippen molar-refractivity contribution in [2.75, 3.05) is 29.5 Å². The van der Waals surface area contributed by atoms with Crippen LogP contribution < -0.4 is 21.1 Å². The number of thiazole rings is 1. The van der Waals surface area contributed by atoms with E-state index in [-0.39, 0.29) is 5.92 Å². The second kappa shape index (κ2) is 8.72. The van der Waals surface area contributed by atoms with Crippen LogP contribution in [0.15, 0.2) is 24.4 Å². The third-order valence-corrected chi connectivity index (χ3v) is 6.96. The Kier molecular flexibility index (Phi) is 5.73. The number of anilines is 3. The summed E-state index contributed by atoms with van der Waals surface area (Å²) in [6.45, 7) is 10.5. The van der Waals surface area contributed by atoms with Gasteiger partial charge in [-0.25, -0.2) is 15.0 Å². The molecule has 0 saturated carbocycles. The van der Waals surface area contributed by atoms with Crippen molar-refractivity contribution < 1.29 is 4.74 Å². The summed E-state index contributed by atoms with van der Waals surface area (Å²) in [7, 11) is 0. The van der Waals surface area contributed by atoms with E-state index >= 15 is 0 Å². The first kappa shape index (κ1) is 22.3. The molecule has 1 aromatic carbocycles. The molecule has 0 spiro atoms. The molecule has 1 aliphatic rings. The van der Waals surface area contributed by atoms with Gasteiger partial charge in [-0.2, -0.15) is 4.98 Å². The van der Waals surface area contributed by atoms with Crippen LogP contribution in [0.25, 0.3) is 21.5 Å². The third kappa shape index (κ3) is 4.00. The Balaban J connectivity index is 1.58. The minimum Gasteiger partial charge on any atom is -0.491 e. The molecule has 0 amide bonds. The Labute approximate surface area is 203 Å². The second-order valence-corrected chi connectivity index (χ2v) is 9.93.